The third kappa shape index (κ3) is 2.34. The molecule has 1 saturated heterocycles. The first-order valence-electron chi connectivity index (χ1n) is 4.78. The van der Waals surface area contributed by atoms with Gasteiger partial charge in [0, 0.05) is 24.8 Å². The van der Waals surface area contributed by atoms with E-state index in [-0.39, 0.29) is 5.91 Å². The van der Waals surface area contributed by atoms with Crippen LogP contribution in [0.25, 0.3) is 0 Å². The minimum absolute atomic E-state index is 0.166. The van der Waals surface area contributed by atoms with Gasteiger partial charge in [0.15, 0.2) is 5.13 Å². The fraction of sp³-hybridized carbons (Fsp3) is 0.556. The largest absolute Gasteiger partial charge is 0.381 e. The second-order valence-corrected chi connectivity index (χ2v) is 4.45. The third-order valence-electron chi connectivity index (χ3n) is 2.49. The van der Waals surface area contributed by atoms with E-state index in [0.29, 0.717) is 31.2 Å². The summed E-state index contributed by atoms with van der Waals surface area (Å²) in [5.74, 6) is -0.166. The first kappa shape index (κ1) is 10.5. The molecule has 1 aromatic heterocycles. The molecule has 5 nitrogen and oxygen atoms in total. The Bertz CT molecular complexity index is 333. The SMILES string of the molecule is NC1(C(=O)Nc2nccs2)CCOCC1. The van der Waals surface area contributed by atoms with Gasteiger partial charge in [-0.15, -0.1) is 11.3 Å². The van der Waals surface area contributed by atoms with Crippen LogP contribution in [0.15, 0.2) is 11.6 Å². The van der Waals surface area contributed by atoms with Crippen LogP contribution in [0.1, 0.15) is 12.8 Å². The number of hydrogen-bond acceptors (Lipinski definition) is 5. The van der Waals surface area contributed by atoms with Crippen molar-refractivity contribution in [2.24, 2.45) is 5.73 Å². The number of nitrogens with two attached hydrogens (primary N) is 1. The van der Waals surface area contributed by atoms with Crippen molar-refractivity contribution in [3.63, 3.8) is 0 Å². The molecule has 0 aliphatic carbocycles. The van der Waals surface area contributed by atoms with Gasteiger partial charge in [0.1, 0.15) is 5.54 Å². The molecule has 1 aromatic rings. The third-order valence-corrected chi connectivity index (χ3v) is 3.18. The first-order valence-corrected chi connectivity index (χ1v) is 5.66. The zero-order valence-corrected chi connectivity index (χ0v) is 9.05. The number of anilines is 1. The molecule has 3 N–H and O–H groups in total. The molecule has 1 fully saturated rings. The van der Waals surface area contributed by atoms with Crippen LogP contribution in [0.2, 0.25) is 0 Å². The molecule has 1 amide bonds. The number of hydrogen-bond donors (Lipinski definition) is 2. The number of nitrogens with one attached hydrogen (secondary N) is 1. The van der Waals surface area contributed by atoms with Crippen molar-refractivity contribution in [2.75, 3.05) is 18.5 Å². The van der Waals surface area contributed by atoms with Crippen molar-refractivity contribution in [1.29, 1.82) is 0 Å². The molecule has 0 radical (unpaired) electrons. The van der Waals surface area contributed by atoms with Crippen LogP contribution >= 0.6 is 11.3 Å². The van der Waals surface area contributed by atoms with Crippen molar-refractivity contribution in [3.8, 4) is 0 Å². The molecule has 0 bridgehead atoms. The fourth-order valence-corrected chi connectivity index (χ4v) is 1.99. The molecular formula is C9H13N3O2S. The lowest BCUT2D eigenvalue weighted by atomic mass is 9.90. The van der Waals surface area contributed by atoms with E-state index in [1.165, 1.54) is 11.3 Å². The Balaban J connectivity index is 2.00. The lowest BCUT2D eigenvalue weighted by Gasteiger charge is -2.31. The standard InChI is InChI=1S/C9H13N3O2S/c10-9(1-4-14-5-2-9)7(13)12-8-11-3-6-15-8/h3,6H,1-2,4-5,10H2,(H,11,12,13). The number of ether oxygens (including phenoxy) is 1. The van der Waals surface area contributed by atoms with Crippen LogP contribution in [0, 0.1) is 0 Å². The van der Waals surface area contributed by atoms with Gasteiger partial charge in [0.2, 0.25) is 5.91 Å². The lowest BCUT2D eigenvalue weighted by molar-refractivity contribution is -0.124. The molecule has 6 heteroatoms. The maximum Gasteiger partial charge on any atom is 0.246 e. The number of carbonyl (C=O) groups is 1. The van der Waals surface area contributed by atoms with Crippen LogP contribution in [-0.4, -0.2) is 29.6 Å². The molecule has 1 aliphatic heterocycles. The zero-order valence-electron chi connectivity index (χ0n) is 8.23. The van der Waals surface area contributed by atoms with Crippen LogP contribution < -0.4 is 11.1 Å². The fourth-order valence-electron chi connectivity index (χ4n) is 1.47. The average molecular weight is 227 g/mol. The molecular weight excluding hydrogens is 214 g/mol. The summed E-state index contributed by atoms with van der Waals surface area (Å²) >= 11 is 1.38. The van der Waals surface area contributed by atoms with Gasteiger partial charge >= 0.3 is 0 Å². The Morgan fingerprint density at radius 3 is 2.93 bits per heavy atom. The molecule has 2 rings (SSSR count). The van der Waals surface area contributed by atoms with Crippen LogP contribution in [-0.2, 0) is 9.53 Å². The molecule has 0 spiro atoms. The molecule has 82 valence electrons. The smallest absolute Gasteiger partial charge is 0.246 e. The highest BCUT2D eigenvalue weighted by Gasteiger charge is 2.36. The van der Waals surface area contributed by atoms with Gasteiger partial charge in [-0.3, -0.25) is 4.79 Å². The number of nitrogens with zero attached hydrogens (tertiary/aromatic N) is 1. The van der Waals surface area contributed by atoms with Gasteiger partial charge in [-0.1, -0.05) is 0 Å². The van der Waals surface area contributed by atoms with Crippen molar-refractivity contribution in [2.45, 2.75) is 18.4 Å². The van der Waals surface area contributed by atoms with E-state index in [9.17, 15) is 4.79 Å². The lowest BCUT2D eigenvalue weighted by Crippen LogP contribution is -2.54. The summed E-state index contributed by atoms with van der Waals surface area (Å²) < 4.78 is 5.18. The Kier molecular flexibility index (Phi) is 2.99. The first-order chi connectivity index (χ1) is 7.21. The highest BCUT2D eigenvalue weighted by Crippen LogP contribution is 2.20. The van der Waals surface area contributed by atoms with Crippen molar-refractivity contribution < 1.29 is 9.53 Å². The summed E-state index contributed by atoms with van der Waals surface area (Å²) in [5, 5.41) is 5.12. The van der Waals surface area contributed by atoms with E-state index in [1.807, 2.05) is 5.38 Å². The topological polar surface area (TPSA) is 77.2 Å². The van der Waals surface area contributed by atoms with Crippen molar-refractivity contribution in [3.05, 3.63) is 11.6 Å². The Labute approximate surface area is 91.6 Å². The highest BCUT2D eigenvalue weighted by atomic mass is 32.1. The van der Waals surface area contributed by atoms with Gasteiger partial charge in [0.25, 0.3) is 0 Å². The number of aromatic nitrogens is 1. The quantitative estimate of drug-likeness (QED) is 0.775. The Morgan fingerprint density at radius 2 is 2.33 bits per heavy atom. The van der Waals surface area contributed by atoms with Gasteiger partial charge in [-0.25, -0.2) is 4.98 Å². The van der Waals surface area contributed by atoms with Gasteiger partial charge in [0.05, 0.1) is 0 Å². The van der Waals surface area contributed by atoms with E-state index in [2.05, 4.69) is 10.3 Å². The number of amides is 1. The van der Waals surface area contributed by atoms with Crippen LogP contribution in [0.3, 0.4) is 0 Å². The maximum absolute atomic E-state index is 11.9. The normalized spacial score (nSPS) is 19.8. The predicted octanol–water partition coefficient (Wildman–Crippen LogP) is 0.589. The second kappa shape index (κ2) is 4.26. The summed E-state index contributed by atoms with van der Waals surface area (Å²) in [6.07, 6.45) is 2.77. The summed E-state index contributed by atoms with van der Waals surface area (Å²) in [7, 11) is 0. The van der Waals surface area contributed by atoms with E-state index < -0.39 is 5.54 Å². The van der Waals surface area contributed by atoms with Gasteiger partial charge in [-0.2, -0.15) is 0 Å². The average Bonchev–Trinajstić information content (AvgIpc) is 2.71. The van der Waals surface area contributed by atoms with E-state index in [4.69, 9.17) is 10.5 Å². The van der Waals surface area contributed by atoms with E-state index in [1.54, 1.807) is 6.20 Å². The second-order valence-electron chi connectivity index (χ2n) is 3.56. The molecule has 0 unspecified atom stereocenters. The molecule has 15 heavy (non-hydrogen) atoms. The van der Waals surface area contributed by atoms with E-state index >= 15 is 0 Å². The van der Waals surface area contributed by atoms with Crippen LogP contribution in [0.4, 0.5) is 5.13 Å². The summed E-state index contributed by atoms with van der Waals surface area (Å²) in [5.41, 5.74) is 5.20. The minimum atomic E-state index is -0.802. The molecule has 0 aromatic carbocycles. The van der Waals surface area contributed by atoms with Gasteiger partial charge in [-0.05, 0) is 12.8 Å². The molecule has 0 atom stereocenters. The highest BCUT2D eigenvalue weighted by molar-refractivity contribution is 7.13. The van der Waals surface area contributed by atoms with Crippen molar-refractivity contribution in [1.82, 2.24) is 4.98 Å². The van der Waals surface area contributed by atoms with Crippen molar-refractivity contribution >= 4 is 22.4 Å². The zero-order chi connectivity index (χ0) is 10.7. The summed E-state index contributed by atoms with van der Waals surface area (Å²) in [6, 6.07) is 0. The molecule has 1 aliphatic rings. The summed E-state index contributed by atoms with van der Waals surface area (Å²) in [6.45, 7) is 1.09. The monoisotopic (exact) mass is 227 g/mol. The van der Waals surface area contributed by atoms with Gasteiger partial charge < -0.3 is 15.8 Å². The number of carbonyl (C=O) groups excluding carboxylic acids is 1. The predicted molar refractivity (Wildman–Crippen MR) is 57.7 cm³/mol. The molecule has 0 saturated carbocycles. The van der Waals surface area contributed by atoms with E-state index in [0.717, 1.165) is 0 Å². The molecule has 2 heterocycles. The number of rotatable bonds is 2. The minimum Gasteiger partial charge on any atom is -0.381 e. The summed E-state index contributed by atoms with van der Waals surface area (Å²) in [4.78, 5) is 15.8. The number of thiazole rings is 1. The maximum atomic E-state index is 11.9. The van der Waals surface area contributed by atoms with Crippen LogP contribution in [0.5, 0.6) is 0 Å². The Hall–Kier alpha value is -0.980. The Morgan fingerprint density at radius 1 is 1.60 bits per heavy atom.